The SMILES string of the molecule is Cc1c(OC(c2ccc(Cl)cc2)c2ccc(C#N)cn2)ccc2c1OCCC2=O. The molecule has 0 radical (unpaired) electrons. The molecular weight excluding hydrogens is 388 g/mol. The Morgan fingerprint density at radius 3 is 2.66 bits per heavy atom. The number of pyridine rings is 1. The van der Waals surface area contributed by atoms with Crippen LogP contribution in [-0.4, -0.2) is 17.4 Å². The second-order valence-electron chi connectivity index (χ2n) is 6.72. The van der Waals surface area contributed by atoms with Crippen LogP contribution >= 0.6 is 11.6 Å². The summed E-state index contributed by atoms with van der Waals surface area (Å²) in [5, 5.41) is 9.67. The number of nitriles is 1. The largest absolute Gasteiger partial charge is 0.492 e. The highest BCUT2D eigenvalue weighted by molar-refractivity contribution is 6.30. The van der Waals surface area contributed by atoms with Crippen molar-refractivity contribution in [2.45, 2.75) is 19.4 Å². The zero-order valence-electron chi connectivity index (χ0n) is 15.7. The molecule has 0 aliphatic carbocycles. The maximum Gasteiger partial charge on any atom is 0.170 e. The maximum atomic E-state index is 12.1. The summed E-state index contributed by atoms with van der Waals surface area (Å²) in [5.41, 5.74) is 3.34. The first-order valence-electron chi connectivity index (χ1n) is 9.14. The summed E-state index contributed by atoms with van der Waals surface area (Å²) in [5.74, 6) is 1.25. The third-order valence-corrected chi connectivity index (χ3v) is 5.09. The minimum absolute atomic E-state index is 0.0731. The topological polar surface area (TPSA) is 72.2 Å². The van der Waals surface area contributed by atoms with E-state index in [0.29, 0.717) is 46.4 Å². The minimum Gasteiger partial charge on any atom is -0.492 e. The number of hydrogen-bond donors (Lipinski definition) is 0. The van der Waals surface area contributed by atoms with Gasteiger partial charge in [-0.25, -0.2) is 0 Å². The Morgan fingerprint density at radius 1 is 1.17 bits per heavy atom. The number of Topliss-reactive ketones (excluding diaryl/α,β-unsaturated/α-hetero) is 1. The molecule has 3 aromatic rings. The fourth-order valence-corrected chi connectivity index (χ4v) is 3.40. The molecule has 1 aliphatic heterocycles. The van der Waals surface area contributed by atoms with Crippen LogP contribution < -0.4 is 9.47 Å². The summed E-state index contributed by atoms with van der Waals surface area (Å²) < 4.78 is 12.1. The van der Waals surface area contributed by atoms with Gasteiger partial charge >= 0.3 is 0 Å². The highest BCUT2D eigenvalue weighted by atomic mass is 35.5. The van der Waals surface area contributed by atoms with E-state index in [-0.39, 0.29) is 5.78 Å². The number of aromatic nitrogens is 1. The van der Waals surface area contributed by atoms with Gasteiger partial charge in [0.2, 0.25) is 0 Å². The van der Waals surface area contributed by atoms with Crippen LogP contribution in [0.4, 0.5) is 0 Å². The molecule has 1 unspecified atom stereocenters. The fraction of sp³-hybridized carbons (Fsp3) is 0.174. The lowest BCUT2D eigenvalue weighted by Crippen LogP contribution is -2.17. The van der Waals surface area contributed by atoms with Crippen molar-refractivity contribution in [3.8, 4) is 17.6 Å². The molecule has 0 amide bonds. The molecular formula is C23H17ClN2O3. The van der Waals surface area contributed by atoms with Crippen LogP contribution in [0.2, 0.25) is 5.02 Å². The van der Waals surface area contributed by atoms with Gasteiger partial charge in [0.05, 0.1) is 23.4 Å². The second kappa shape index (κ2) is 7.94. The summed E-state index contributed by atoms with van der Waals surface area (Å²) in [6.07, 6.45) is 1.38. The maximum absolute atomic E-state index is 12.1. The summed E-state index contributed by atoms with van der Waals surface area (Å²) in [6, 6.07) is 16.4. The van der Waals surface area contributed by atoms with E-state index in [2.05, 4.69) is 11.1 Å². The quantitative estimate of drug-likeness (QED) is 0.608. The zero-order valence-corrected chi connectivity index (χ0v) is 16.4. The minimum atomic E-state index is -0.518. The van der Waals surface area contributed by atoms with Crippen molar-refractivity contribution in [2.75, 3.05) is 6.61 Å². The average Bonchev–Trinajstić information content (AvgIpc) is 2.75. The van der Waals surface area contributed by atoms with E-state index in [1.807, 2.05) is 19.1 Å². The van der Waals surface area contributed by atoms with Gasteiger partial charge in [0.25, 0.3) is 0 Å². The van der Waals surface area contributed by atoms with Crippen LogP contribution in [0, 0.1) is 18.3 Å². The number of ketones is 1. The van der Waals surface area contributed by atoms with Crippen molar-refractivity contribution in [2.24, 2.45) is 0 Å². The monoisotopic (exact) mass is 404 g/mol. The van der Waals surface area contributed by atoms with E-state index >= 15 is 0 Å². The first-order valence-corrected chi connectivity index (χ1v) is 9.52. The summed E-state index contributed by atoms with van der Waals surface area (Å²) in [4.78, 5) is 16.5. The molecule has 1 aromatic heterocycles. The normalized spacial score (nSPS) is 13.8. The number of fused-ring (bicyclic) bond motifs is 1. The molecule has 0 bridgehead atoms. The number of benzene rings is 2. The van der Waals surface area contributed by atoms with Gasteiger partial charge in [0, 0.05) is 23.2 Å². The van der Waals surface area contributed by atoms with E-state index in [1.54, 1.807) is 36.4 Å². The van der Waals surface area contributed by atoms with Gasteiger partial charge in [-0.15, -0.1) is 0 Å². The van der Waals surface area contributed by atoms with E-state index in [9.17, 15) is 4.79 Å². The zero-order chi connectivity index (χ0) is 20.4. The Hall–Kier alpha value is -3.36. The molecule has 1 atom stereocenters. The van der Waals surface area contributed by atoms with Gasteiger partial charge in [0.1, 0.15) is 17.6 Å². The Morgan fingerprint density at radius 2 is 1.97 bits per heavy atom. The van der Waals surface area contributed by atoms with Gasteiger partial charge < -0.3 is 9.47 Å². The summed E-state index contributed by atoms with van der Waals surface area (Å²) in [6.45, 7) is 2.24. The molecule has 6 heteroatoms. The van der Waals surface area contributed by atoms with Gasteiger partial charge in [-0.3, -0.25) is 9.78 Å². The van der Waals surface area contributed by atoms with Gasteiger partial charge in [-0.2, -0.15) is 5.26 Å². The number of ether oxygens (including phenoxy) is 2. The molecule has 144 valence electrons. The van der Waals surface area contributed by atoms with Crippen molar-refractivity contribution in [3.05, 3.63) is 87.7 Å². The van der Waals surface area contributed by atoms with Gasteiger partial charge in [0.15, 0.2) is 11.9 Å². The molecule has 1 aliphatic rings. The summed E-state index contributed by atoms with van der Waals surface area (Å²) in [7, 11) is 0. The molecule has 2 heterocycles. The highest BCUT2D eigenvalue weighted by Gasteiger charge is 2.25. The lowest BCUT2D eigenvalue weighted by atomic mass is 10.0. The number of hydrogen-bond acceptors (Lipinski definition) is 5. The molecule has 0 N–H and O–H groups in total. The van der Waals surface area contributed by atoms with Crippen molar-refractivity contribution in [1.82, 2.24) is 4.98 Å². The number of halogens is 1. The molecule has 2 aromatic carbocycles. The molecule has 29 heavy (non-hydrogen) atoms. The molecule has 4 rings (SSSR count). The summed E-state index contributed by atoms with van der Waals surface area (Å²) >= 11 is 6.04. The first-order chi connectivity index (χ1) is 14.1. The predicted octanol–water partition coefficient (Wildman–Crippen LogP) is 5.05. The lowest BCUT2D eigenvalue weighted by Gasteiger charge is -2.24. The van der Waals surface area contributed by atoms with Crippen LogP contribution in [0.15, 0.2) is 54.7 Å². The second-order valence-corrected chi connectivity index (χ2v) is 7.16. The standard InChI is InChI=1S/C23H17ClN2O3/c1-14-21(9-7-18-20(27)10-11-28-22(14)18)29-23(16-3-5-17(24)6-4-16)19-8-2-15(12-25)13-26-19/h2-9,13,23H,10-11H2,1H3. The average molecular weight is 405 g/mol. The highest BCUT2D eigenvalue weighted by Crippen LogP contribution is 2.38. The van der Waals surface area contributed by atoms with Crippen molar-refractivity contribution in [1.29, 1.82) is 5.26 Å². The van der Waals surface area contributed by atoms with E-state index in [1.165, 1.54) is 6.20 Å². The van der Waals surface area contributed by atoms with Gasteiger partial charge in [-0.05, 0) is 48.9 Å². The number of carbonyl (C=O) groups excluding carboxylic acids is 1. The fourth-order valence-electron chi connectivity index (χ4n) is 3.28. The van der Waals surface area contributed by atoms with Crippen LogP contribution in [-0.2, 0) is 0 Å². The molecule has 5 nitrogen and oxygen atoms in total. The Kier molecular flexibility index (Phi) is 5.20. The van der Waals surface area contributed by atoms with E-state index in [4.69, 9.17) is 26.3 Å². The van der Waals surface area contributed by atoms with Crippen LogP contribution in [0.1, 0.15) is 45.3 Å². The van der Waals surface area contributed by atoms with Crippen LogP contribution in [0.5, 0.6) is 11.5 Å². The van der Waals surface area contributed by atoms with Crippen LogP contribution in [0.3, 0.4) is 0 Å². The Bertz CT molecular complexity index is 1100. The Balaban J connectivity index is 1.75. The lowest BCUT2D eigenvalue weighted by molar-refractivity contribution is 0.0932. The van der Waals surface area contributed by atoms with Crippen molar-refractivity contribution in [3.63, 3.8) is 0 Å². The third kappa shape index (κ3) is 3.80. The number of rotatable bonds is 4. The van der Waals surface area contributed by atoms with Crippen molar-refractivity contribution >= 4 is 17.4 Å². The van der Waals surface area contributed by atoms with E-state index < -0.39 is 6.10 Å². The van der Waals surface area contributed by atoms with Gasteiger partial charge in [-0.1, -0.05) is 23.7 Å². The molecule has 0 spiro atoms. The molecule has 0 saturated carbocycles. The van der Waals surface area contributed by atoms with E-state index in [0.717, 1.165) is 11.1 Å². The first kappa shape index (κ1) is 19.0. The number of carbonyl (C=O) groups is 1. The molecule has 0 fully saturated rings. The Labute approximate surface area is 173 Å². The van der Waals surface area contributed by atoms with Crippen LogP contribution in [0.25, 0.3) is 0 Å². The molecule has 0 saturated heterocycles. The predicted molar refractivity (Wildman–Crippen MR) is 108 cm³/mol. The number of nitrogens with zero attached hydrogens (tertiary/aromatic N) is 2. The van der Waals surface area contributed by atoms with Crippen molar-refractivity contribution < 1.29 is 14.3 Å². The third-order valence-electron chi connectivity index (χ3n) is 4.83. The smallest absolute Gasteiger partial charge is 0.170 e.